The number of rotatable bonds is 3. The number of carbonyl (C=O) groups is 1. The fraction of sp³-hybridized carbons (Fsp3) is 0.333. The zero-order valence-corrected chi connectivity index (χ0v) is 23.1. The van der Waals surface area contributed by atoms with Gasteiger partial charge in [0.1, 0.15) is 0 Å². The van der Waals surface area contributed by atoms with Crippen LogP contribution < -0.4 is 15.7 Å². The summed E-state index contributed by atoms with van der Waals surface area (Å²) in [5.41, 5.74) is 6.69. The summed E-state index contributed by atoms with van der Waals surface area (Å²) in [5.74, 6) is 0.124. The number of para-hydroxylation sites is 1. The lowest BCUT2D eigenvalue weighted by Gasteiger charge is -2.55. The normalized spacial score (nSPS) is 24.5. The first-order valence-electron chi connectivity index (χ1n) is 14.8. The molecule has 1 saturated heterocycles. The van der Waals surface area contributed by atoms with Gasteiger partial charge >= 0.3 is 0 Å². The Labute approximate surface area is 242 Å². The van der Waals surface area contributed by atoms with E-state index < -0.39 is 0 Å². The molecule has 0 aliphatic carbocycles. The molecule has 4 aliphatic heterocycles. The Balaban J connectivity index is 1.14. The van der Waals surface area contributed by atoms with E-state index in [2.05, 4.69) is 34.3 Å². The third-order valence-electron chi connectivity index (χ3n) is 9.98. The van der Waals surface area contributed by atoms with Crippen molar-refractivity contribution in [3.05, 3.63) is 105 Å². The quantitative estimate of drug-likeness (QED) is 0.356. The topological polar surface area (TPSA) is 108 Å². The Morgan fingerprint density at radius 1 is 1.07 bits per heavy atom. The molecule has 0 radical (unpaired) electrons. The number of benzene rings is 2. The molecule has 0 spiro atoms. The Morgan fingerprint density at radius 3 is 2.79 bits per heavy atom. The average Bonchev–Trinajstić information content (AvgIpc) is 3.45. The highest BCUT2D eigenvalue weighted by Gasteiger charge is 2.50. The van der Waals surface area contributed by atoms with Gasteiger partial charge in [-0.1, -0.05) is 30.3 Å². The lowest BCUT2D eigenvalue weighted by atomic mass is 9.69. The van der Waals surface area contributed by atoms with Crippen molar-refractivity contribution in [1.29, 1.82) is 0 Å². The lowest BCUT2D eigenvalue weighted by Crippen LogP contribution is -2.61. The number of H-pyrrole nitrogens is 1. The SMILES string of the molecule is O=C([C@@H]1Cc2cc(N([O-])O)ccc2N2CC3CC(Cn4c3cccc4=O)[C@@H]12)N1CC=C(c2c[nH]c3ccccc23)CC1. The molecule has 2 aromatic carbocycles. The molecule has 42 heavy (non-hydrogen) atoms. The van der Waals surface area contributed by atoms with Crippen LogP contribution in [0.2, 0.25) is 0 Å². The second-order valence-corrected chi connectivity index (χ2v) is 12.1. The van der Waals surface area contributed by atoms with E-state index in [0.29, 0.717) is 32.6 Å². The number of piperidine rings is 1. The molecule has 2 bridgehead atoms. The molecule has 2 aromatic heterocycles. The van der Waals surface area contributed by atoms with Gasteiger partial charge in [-0.15, -0.1) is 0 Å². The minimum Gasteiger partial charge on any atom is -0.733 e. The third-order valence-corrected chi connectivity index (χ3v) is 9.98. The van der Waals surface area contributed by atoms with Gasteiger partial charge in [-0.3, -0.25) is 14.8 Å². The number of nitrogens with one attached hydrogen (secondary N) is 1. The predicted octanol–water partition coefficient (Wildman–Crippen LogP) is 4.50. The van der Waals surface area contributed by atoms with Crippen LogP contribution >= 0.6 is 0 Å². The van der Waals surface area contributed by atoms with E-state index in [1.165, 1.54) is 16.5 Å². The maximum atomic E-state index is 14.4. The van der Waals surface area contributed by atoms with Crippen LogP contribution in [0.1, 0.15) is 35.6 Å². The molecule has 2 N–H and O–H groups in total. The van der Waals surface area contributed by atoms with Gasteiger partial charge in [-0.25, -0.2) is 0 Å². The highest BCUT2D eigenvalue weighted by atomic mass is 16.8. The standard InChI is InChI=1S/C33H32N5O4/c39-31-7-3-6-29-22-14-23(19-36(29)31)32-26(16-21-15-24(38(41)42)8-9-30(21)37(32)18-22)33(40)35-12-10-20(11-13-35)27-17-34-28-5-2-1-4-25(27)28/h1-10,15,17,22-23,26,32,34,41H,11-14,16,18-19H2/q-1/t22?,23?,26-,32+/m1/s1. The predicted molar refractivity (Wildman–Crippen MR) is 161 cm³/mol. The van der Waals surface area contributed by atoms with Crippen molar-refractivity contribution in [1.82, 2.24) is 14.5 Å². The summed E-state index contributed by atoms with van der Waals surface area (Å²) in [5, 5.41) is 22.5. The molecule has 9 heteroatoms. The molecular weight excluding hydrogens is 530 g/mol. The van der Waals surface area contributed by atoms with Crippen LogP contribution in [0.3, 0.4) is 0 Å². The van der Waals surface area contributed by atoms with E-state index in [9.17, 15) is 20.0 Å². The van der Waals surface area contributed by atoms with Gasteiger partial charge in [0.2, 0.25) is 5.91 Å². The van der Waals surface area contributed by atoms with E-state index in [1.54, 1.807) is 18.2 Å². The fourth-order valence-electron chi connectivity index (χ4n) is 8.13. The number of hydrogen-bond donors (Lipinski definition) is 2. The zero-order valence-electron chi connectivity index (χ0n) is 23.1. The second kappa shape index (κ2) is 9.61. The van der Waals surface area contributed by atoms with Crippen molar-refractivity contribution < 1.29 is 10.0 Å². The molecule has 4 aliphatic rings. The van der Waals surface area contributed by atoms with Crippen LogP contribution in [-0.4, -0.2) is 51.2 Å². The van der Waals surface area contributed by atoms with E-state index in [4.69, 9.17) is 0 Å². The van der Waals surface area contributed by atoms with Crippen LogP contribution in [0.25, 0.3) is 16.5 Å². The van der Waals surface area contributed by atoms with Gasteiger partial charge < -0.3 is 29.8 Å². The number of amides is 1. The minimum absolute atomic E-state index is 0.0174. The Kier molecular flexibility index (Phi) is 5.80. The Hall–Kier alpha value is -4.34. The van der Waals surface area contributed by atoms with Crippen LogP contribution in [0.4, 0.5) is 11.4 Å². The smallest absolute Gasteiger partial charge is 0.250 e. The minimum atomic E-state index is -0.318. The van der Waals surface area contributed by atoms with Gasteiger partial charge in [-0.05, 0) is 66.6 Å². The fourth-order valence-corrected chi connectivity index (χ4v) is 8.13. The molecule has 1 amide bonds. The van der Waals surface area contributed by atoms with Crippen LogP contribution in [0, 0.1) is 17.0 Å². The number of nitrogens with zero attached hydrogens (tertiary/aromatic N) is 4. The zero-order chi connectivity index (χ0) is 28.5. The molecule has 4 aromatic rings. The Morgan fingerprint density at radius 2 is 1.95 bits per heavy atom. The van der Waals surface area contributed by atoms with Crippen molar-refractivity contribution in [2.45, 2.75) is 37.8 Å². The van der Waals surface area contributed by atoms with Crippen molar-refractivity contribution in [3.8, 4) is 0 Å². The second-order valence-electron chi connectivity index (χ2n) is 12.1. The van der Waals surface area contributed by atoms with Crippen molar-refractivity contribution >= 4 is 33.8 Å². The number of hydrogen-bond acceptors (Lipinski definition) is 6. The first-order valence-corrected chi connectivity index (χ1v) is 14.8. The van der Waals surface area contributed by atoms with Crippen molar-refractivity contribution in [2.24, 2.45) is 11.8 Å². The van der Waals surface area contributed by atoms with Gasteiger partial charge in [0.15, 0.2) is 0 Å². The number of pyridine rings is 1. The average molecular weight is 563 g/mol. The molecule has 9 nitrogen and oxygen atoms in total. The van der Waals surface area contributed by atoms with Gasteiger partial charge in [0.05, 0.1) is 11.6 Å². The molecule has 8 rings (SSSR count). The molecule has 0 saturated carbocycles. The van der Waals surface area contributed by atoms with Crippen LogP contribution in [-0.2, 0) is 17.8 Å². The summed E-state index contributed by atoms with van der Waals surface area (Å²) in [4.78, 5) is 34.9. The first kappa shape index (κ1) is 25.4. The molecular formula is C33H32N5O4-. The highest BCUT2D eigenvalue weighted by molar-refractivity contribution is 5.93. The molecule has 1 fully saturated rings. The van der Waals surface area contributed by atoms with Crippen LogP contribution in [0.5, 0.6) is 0 Å². The summed E-state index contributed by atoms with van der Waals surface area (Å²) >= 11 is 0. The summed E-state index contributed by atoms with van der Waals surface area (Å²) in [6, 6.07) is 19.0. The van der Waals surface area contributed by atoms with E-state index in [-0.39, 0.29) is 46.2 Å². The monoisotopic (exact) mass is 562 g/mol. The van der Waals surface area contributed by atoms with Crippen molar-refractivity contribution in [3.63, 3.8) is 0 Å². The Bertz CT molecular complexity index is 1810. The van der Waals surface area contributed by atoms with Gasteiger partial charge in [0, 0.05) is 78.2 Å². The maximum absolute atomic E-state index is 14.4. The summed E-state index contributed by atoms with van der Waals surface area (Å²) in [6.07, 6.45) is 6.45. The highest BCUT2D eigenvalue weighted by Crippen LogP contribution is 2.48. The summed E-state index contributed by atoms with van der Waals surface area (Å²) < 4.78 is 1.91. The van der Waals surface area contributed by atoms with E-state index >= 15 is 0 Å². The maximum Gasteiger partial charge on any atom is 0.250 e. The molecule has 6 heterocycles. The summed E-state index contributed by atoms with van der Waals surface area (Å²) in [6.45, 7) is 2.48. The third kappa shape index (κ3) is 3.91. The largest absolute Gasteiger partial charge is 0.733 e. The number of fused-ring (bicyclic) bond motifs is 9. The van der Waals surface area contributed by atoms with Gasteiger partial charge in [0.25, 0.3) is 5.56 Å². The van der Waals surface area contributed by atoms with Gasteiger partial charge in [-0.2, -0.15) is 0 Å². The first-order chi connectivity index (χ1) is 20.5. The molecule has 4 atom stereocenters. The summed E-state index contributed by atoms with van der Waals surface area (Å²) in [7, 11) is 0. The van der Waals surface area contributed by atoms with E-state index in [0.717, 1.165) is 35.3 Å². The number of aromatic amines is 1. The molecule has 2 unspecified atom stereocenters. The lowest BCUT2D eigenvalue weighted by molar-refractivity contribution is -0.137. The number of carbonyl (C=O) groups excluding carboxylic acids is 1. The number of aromatic nitrogens is 2. The van der Waals surface area contributed by atoms with E-state index in [1.807, 2.05) is 39.8 Å². The van der Waals surface area contributed by atoms with Crippen molar-refractivity contribution in [2.75, 3.05) is 29.8 Å². The number of anilines is 2. The van der Waals surface area contributed by atoms with Crippen LogP contribution in [0.15, 0.2) is 77.7 Å². The molecule has 214 valence electrons.